The first-order chi connectivity index (χ1) is 9.77. The van der Waals surface area contributed by atoms with Crippen LogP contribution in [0.15, 0.2) is 23.3 Å². The summed E-state index contributed by atoms with van der Waals surface area (Å²) in [5.74, 6) is 1.03. The van der Waals surface area contributed by atoms with Gasteiger partial charge in [-0.05, 0) is 12.5 Å². The molecule has 0 aromatic carbocycles. The van der Waals surface area contributed by atoms with Gasteiger partial charge in [0.2, 0.25) is 5.88 Å². The summed E-state index contributed by atoms with van der Waals surface area (Å²) in [7, 11) is 1.64. The zero-order chi connectivity index (χ0) is 14.6. The van der Waals surface area contributed by atoms with Gasteiger partial charge in [0.15, 0.2) is 5.96 Å². The lowest BCUT2D eigenvalue weighted by Crippen LogP contribution is -2.34. The van der Waals surface area contributed by atoms with Gasteiger partial charge in [0.1, 0.15) is 0 Å². The maximum Gasteiger partial charge on any atom is 0.218 e. The summed E-state index contributed by atoms with van der Waals surface area (Å²) in [6.07, 6.45) is 3.82. The van der Waals surface area contributed by atoms with Crippen LogP contribution in [-0.2, 0) is 11.3 Å². The minimum atomic E-state index is 0. The molecule has 0 amide bonds. The molecule has 1 aromatic heterocycles. The number of nitrogens with one attached hydrogen (secondary N) is 1. The molecule has 0 aliphatic carbocycles. The number of rotatable bonds is 9. The van der Waals surface area contributed by atoms with E-state index in [-0.39, 0.29) is 24.0 Å². The van der Waals surface area contributed by atoms with Gasteiger partial charge in [-0.1, -0.05) is 19.4 Å². The van der Waals surface area contributed by atoms with E-state index in [2.05, 4.69) is 22.2 Å². The van der Waals surface area contributed by atoms with E-state index in [4.69, 9.17) is 15.2 Å². The summed E-state index contributed by atoms with van der Waals surface area (Å²) in [6, 6.07) is 3.81. The molecule has 0 aliphatic rings. The minimum Gasteiger partial charge on any atom is -0.477 e. The van der Waals surface area contributed by atoms with Gasteiger partial charge in [-0.2, -0.15) is 0 Å². The number of nitrogens with zero attached hydrogens (tertiary/aromatic N) is 2. The van der Waals surface area contributed by atoms with Crippen molar-refractivity contribution < 1.29 is 9.47 Å². The van der Waals surface area contributed by atoms with Crippen molar-refractivity contribution in [2.45, 2.75) is 26.3 Å². The van der Waals surface area contributed by atoms with Crippen molar-refractivity contribution in [3.8, 4) is 5.88 Å². The van der Waals surface area contributed by atoms with Crippen molar-refractivity contribution in [1.82, 2.24) is 10.3 Å². The highest BCUT2D eigenvalue weighted by atomic mass is 127. The quantitative estimate of drug-likeness (QED) is 0.283. The number of pyridine rings is 1. The van der Waals surface area contributed by atoms with Crippen LogP contribution in [0.5, 0.6) is 5.88 Å². The molecule has 0 bridgehead atoms. The van der Waals surface area contributed by atoms with Gasteiger partial charge in [-0.3, -0.25) is 0 Å². The molecular formula is C14H25IN4O2. The molecule has 1 heterocycles. The Balaban J connectivity index is 0.00000400. The highest BCUT2D eigenvalue weighted by Gasteiger charge is 2.04. The van der Waals surface area contributed by atoms with Crippen molar-refractivity contribution in [1.29, 1.82) is 0 Å². The number of unbranched alkanes of at least 4 members (excludes halogenated alkanes) is 1. The first kappa shape index (κ1) is 19.9. The van der Waals surface area contributed by atoms with Crippen LogP contribution in [0.25, 0.3) is 0 Å². The van der Waals surface area contributed by atoms with E-state index in [0.29, 0.717) is 38.1 Å². The molecule has 1 rings (SSSR count). The van der Waals surface area contributed by atoms with Crippen LogP contribution < -0.4 is 15.8 Å². The Labute approximate surface area is 143 Å². The summed E-state index contributed by atoms with van der Waals surface area (Å²) in [5.41, 5.74) is 6.69. The van der Waals surface area contributed by atoms with Crippen LogP contribution in [0.2, 0.25) is 0 Å². The molecule has 21 heavy (non-hydrogen) atoms. The predicted molar refractivity (Wildman–Crippen MR) is 95.3 cm³/mol. The van der Waals surface area contributed by atoms with E-state index in [9.17, 15) is 0 Å². The fourth-order valence-electron chi connectivity index (χ4n) is 1.50. The van der Waals surface area contributed by atoms with Gasteiger partial charge in [-0.25, -0.2) is 9.98 Å². The second-order valence-electron chi connectivity index (χ2n) is 4.29. The fourth-order valence-corrected chi connectivity index (χ4v) is 1.50. The molecular weight excluding hydrogens is 383 g/mol. The van der Waals surface area contributed by atoms with Gasteiger partial charge in [0.25, 0.3) is 0 Å². The maximum atomic E-state index is 5.76. The average molecular weight is 408 g/mol. The Morgan fingerprint density at radius 1 is 1.43 bits per heavy atom. The highest BCUT2D eigenvalue weighted by Crippen LogP contribution is 2.15. The molecule has 6 nitrogen and oxygen atoms in total. The van der Waals surface area contributed by atoms with Gasteiger partial charge in [0, 0.05) is 25.4 Å². The van der Waals surface area contributed by atoms with Gasteiger partial charge < -0.3 is 20.5 Å². The molecule has 1 aromatic rings. The van der Waals surface area contributed by atoms with Gasteiger partial charge in [-0.15, -0.1) is 24.0 Å². The number of aromatic nitrogens is 1. The second-order valence-corrected chi connectivity index (χ2v) is 4.29. The zero-order valence-corrected chi connectivity index (χ0v) is 15.0. The Hall–Kier alpha value is -1.09. The molecule has 0 radical (unpaired) electrons. The minimum absolute atomic E-state index is 0. The monoisotopic (exact) mass is 408 g/mol. The van der Waals surface area contributed by atoms with Crippen molar-refractivity contribution >= 4 is 29.9 Å². The van der Waals surface area contributed by atoms with E-state index in [1.54, 1.807) is 13.3 Å². The number of methoxy groups -OCH3 is 1. The first-order valence-electron chi connectivity index (χ1n) is 6.87. The average Bonchev–Trinajstić information content (AvgIpc) is 2.47. The second kappa shape index (κ2) is 12.6. The first-order valence-corrected chi connectivity index (χ1v) is 6.87. The molecule has 3 N–H and O–H groups in total. The van der Waals surface area contributed by atoms with Crippen molar-refractivity contribution in [2.75, 3.05) is 26.9 Å². The van der Waals surface area contributed by atoms with Crippen molar-refractivity contribution in [3.63, 3.8) is 0 Å². The van der Waals surface area contributed by atoms with Crippen molar-refractivity contribution in [2.24, 2.45) is 10.7 Å². The zero-order valence-electron chi connectivity index (χ0n) is 12.7. The van der Waals surface area contributed by atoms with Gasteiger partial charge in [0.05, 0.1) is 19.8 Å². The summed E-state index contributed by atoms with van der Waals surface area (Å²) in [6.45, 7) is 4.47. The Kier molecular flexibility index (Phi) is 12.0. The smallest absolute Gasteiger partial charge is 0.218 e. The Morgan fingerprint density at radius 2 is 2.24 bits per heavy atom. The third kappa shape index (κ3) is 8.71. The van der Waals surface area contributed by atoms with E-state index in [1.807, 2.05) is 12.1 Å². The lowest BCUT2D eigenvalue weighted by molar-refractivity contribution is 0.204. The largest absolute Gasteiger partial charge is 0.477 e. The van der Waals surface area contributed by atoms with Crippen molar-refractivity contribution in [3.05, 3.63) is 23.9 Å². The molecule has 0 unspecified atom stereocenters. The van der Waals surface area contributed by atoms with E-state index >= 15 is 0 Å². The maximum absolute atomic E-state index is 5.76. The summed E-state index contributed by atoms with van der Waals surface area (Å²) >= 11 is 0. The highest BCUT2D eigenvalue weighted by molar-refractivity contribution is 14.0. The Bertz CT molecular complexity index is 416. The molecule has 7 heteroatoms. The number of guanidine groups is 1. The molecule has 0 saturated carbocycles. The Morgan fingerprint density at radius 3 is 2.95 bits per heavy atom. The number of halogens is 1. The van der Waals surface area contributed by atoms with Crippen LogP contribution in [0.1, 0.15) is 25.3 Å². The number of ether oxygens (including phenoxy) is 2. The predicted octanol–water partition coefficient (Wildman–Crippen LogP) is 1.93. The molecule has 0 saturated heterocycles. The molecule has 0 aliphatic heterocycles. The number of nitrogens with two attached hydrogens (primary N) is 1. The molecule has 0 fully saturated rings. The summed E-state index contributed by atoms with van der Waals surface area (Å²) in [5, 5.41) is 2.97. The molecule has 0 spiro atoms. The molecule has 0 atom stereocenters. The topological polar surface area (TPSA) is 81.8 Å². The molecule has 120 valence electrons. The fraction of sp³-hybridized carbons (Fsp3) is 0.571. The third-order valence-corrected chi connectivity index (χ3v) is 2.62. The lowest BCUT2D eigenvalue weighted by Gasteiger charge is -2.09. The summed E-state index contributed by atoms with van der Waals surface area (Å²) < 4.78 is 10.6. The van der Waals surface area contributed by atoms with E-state index < -0.39 is 0 Å². The third-order valence-electron chi connectivity index (χ3n) is 2.62. The SMILES string of the molecule is CCCCOc1ncccc1CN=C(N)NCCOC.I. The standard InChI is InChI=1S/C14H24N4O2.HI/c1-3-4-9-20-13-12(6-5-7-16-13)11-18-14(15)17-8-10-19-2;/h5-7H,3-4,8-11H2,1-2H3,(H3,15,17,18);1H. The van der Waals surface area contributed by atoms with Crippen LogP contribution in [0.3, 0.4) is 0 Å². The van der Waals surface area contributed by atoms with E-state index in [0.717, 1.165) is 18.4 Å². The number of hydrogen-bond acceptors (Lipinski definition) is 4. The van der Waals surface area contributed by atoms with Crippen LogP contribution >= 0.6 is 24.0 Å². The lowest BCUT2D eigenvalue weighted by atomic mass is 10.3. The number of hydrogen-bond donors (Lipinski definition) is 2. The number of aliphatic imine (C=N–C) groups is 1. The van der Waals surface area contributed by atoms with Crippen LogP contribution in [0, 0.1) is 0 Å². The normalized spacial score (nSPS) is 10.9. The van der Waals surface area contributed by atoms with E-state index in [1.165, 1.54) is 0 Å². The van der Waals surface area contributed by atoms with Crippen LogP contribution in [0.4, 0.5) is 0 Å². The van der Waals surface area contributed by atoms with Crippen LogP contribution in [-0.4, -0.2) is 37.8 Å². The van der Waals surface area contributed by atoms with Gasteiger partial charge >= 0.3 is 0 Å². The summed E-state index contributed by atoms with van der Waals surface area (Å²) in [4.78, 5) is 8.49.